The van der Waals surface area contributed by atoms with Crippen molar-refractivity contribution in [3.63, 3.8) is 0 Å². The van der Waals surface area contributed by atoms with Gasteiger partial charge in [0.1, 0.15) is 0 Å². The van der Waals surface area contributed by atoms with Gasteiger partial charge in [0.2, 0.25) is 0 Å². The first-order chi connectivity index (χ1) is 14.7. The van der Waals surface area contributed by atoms with E-state index in [1.54, 1.807) is 0 Å². The first-order valence-corrected chi connectivity index (χ1v) is 12.1. The van der Waals surface area contributed by atoms with E-state index in [1.807, 2.05) is 12.1 Å². The van der Waals surface area contributed by atoms with Crippen molar-refractivity contribution in [1.29, 1.82) is 0 Å². The Morgan fingerprint density at radius 2 is 1.30 bits per heavy atom. The molecule has 1 N–H and O–H groups in total. The van der Waals surface area contributed by atoms with Gasteiger partial charge in [0.05, 0.1) is 6.42 Å². The average Bonchev–Trinajstić information content (AvgIpc) is 2.75. The maximum absolute atomic E-state index is 11.1. The second-order valence-corrected chi connectivity index (χ2v) is 8.57. The zero-order chi connectivity index (χ0) is 21.4. The van der Waals surface area contributed by atoms with E-state index in [-0.39, 0.29) is 6.42 Å². The molecule has 2 aromatic rings. The van der Waals surface area contributed by atoms with Crippen molar-refractivity contribution in [2.75, 3.05) is 0 Å². The zero-order valence-corrected chi connectivity index (χ0v) is 18.9. The standard InChI is InChI=1S/C28H40O2/c1-2-3-4-5-6-7-8-9-10-11-12-14-19-26-22-24(23-28(29)30)20-21-27(26)25-17-15-13-16-18-25/h13,15-18,20-22H,2-12,14,19,23H2,1H3,(H,29,30). The van der Waals surface area contributed by atoms with Crippen molar-refractivity contribution in [2.45, 2.75) is 96.8 Å². The maximum Gasteiger partial charge on any atom is 0.307 e. The fourth-order valence-electron chi connectivity index (χ4n) is 4.19. The van der Waals surface area contributed by atoms with Gasteiger partial charge in [-0.25, -0.2) is 0 Å². The van der Waals surface area contributed by atoms with Crippen molar-refractivity contribution in [2.24, 2.45) is 0 Å². The number of hydrogen-bond acceptors (Lipinski definition) is 1. The third kappa shape index (κ3) is 9.61. The van der Waals surface area contributed by atoms with E-state index in [0.29, 0.717) is 0 Å². The number of carbonyl (C=O) groups is 1. The molecule has 0 fully saturated rings. The van der Waals surface area contributed by atoms with Crippen LogP contribution in [-0.4, -0.2) is 11.1 Å². The summed E-state index contributed by atoms with van der Waals surface area (Å²) in [5.74, 6) is -0.765. The normalized spacial score (nSPS) is 11.0. The van der Waals surface area contributed by atoms with Gasteiger partial charge in [-0.15, -0.1) is 0 Å². The number of rotatable bonds is 16. The second-order valence-electron chi connectivity index (χ2n) is 8.57. The van der Waals surface area contributed by atoms with Gasteiger partial charge < -0.3 is 5.11 Å². The van der Waals surface area contributed by atoms with Gasteiger partial charge in [0.25, 0.3) is 0 Å². The number of aliphatic carboxylic acids is 1. The number of aryl methyl sites for hydroxylation is 1. The SMILES string of the molecule is CCCCCCCCCCCCCCc1cc(CC(=O)O)ccc1-c1ccccc1. The van der Waals surface area contributed by atoms with Gasteiger partial charge in [-0.3, -0.25) is 4.79 Å². The number of carboxylic acids is 1. The molecule has 0 bridgehead atoms. The molecule has 0 aliphatic rings. The second kappa shape index (κ2) is 14.8. The Morgan fingerprint density at radius 3 is 1.87 bits per heavy atom. The molecular weight excluding hydrogens is 368 g/mol. The van der Waals surface area contributed by atoms with Gasteiger partial charge in [0, 0.05) is 0 Å². The number of hydrogen-bond donors (Lipinski definition) is 1. The number of benzene rings is 2. The lowest BCUT2D eigenvalue weighted by molar-refractivity contribution is -0.136. The Kier molecular flexibility index (Phi) is 11.9. The first kappa shape index (κ1) is 24.2. The van der Waals surface area contributed by atoms with Crippen molar-refractivity contribution in [3.8, 4) is 11.1 Å². The molecule has 0 aliphatic heterocycles. The van der Waals surface area contributed by atoms with E-state index >= 15 is 0 Å². The summed E-state index contributed by atoms with van der Waals surface area (Å²) in [6.45, 7) is 2.27. The quantitative estimate of drug-likeness (QED) is 0.284. The van der Waals surface area contributed by atoms with E-state index in [4.69, 9.17) is 5.11 Å². The van der Waals surface area contributed by atoms with Crippen molar-refractivity contribution in [3.05, 3.63) is 59.7 Å². The molecule has 0 saturated carbocycles. The minimum Gasteiger partial charge on any atom is -0.481 e. The van der Waals surface area contributed by atoms with Gasteiger partial charge in [0.15, 0.2) is 0 Å². The van der Waals surface area contributed by atoms with Crippen LogP contribution < -0.4 is 0 Å². The van der Waals surface area contributed by atoms with Gasteiger partial charge in [-0.2, -0.15) is 0 Å². The molecule has 0 aliphatic carbocycles. The molecule has 0 atom stereocenters. The topological polar surface area (TPSA) is 37.3 Å². The molecule has 2 rings (SSSR count). The summed E-state index contributed by atoms with van der Waals surface area (Å²) in [7, 11) is 0. The van der Waals surface area contributed by atoms with E-state index in [2.05, 4.69) is 43.3 Å². The van der Waals surface area contributed by atoms with Gasteiger partial charge in [-0.1, -0.05) is 126 Å². The Bertz CT molecular complexity index is 721. The van der Waals surface area contributed by atoms with E-state index in [0.717, 1.165) is 12.0 Å². The van der Waals surface area contributed by atoms with Crippen LogP contribution in [0.2, 0.25) is 0 Å². The van der Waals surface area contributed by atoms with Crippen molar-refractivity contribution in [1.82, 2.24) is 0 Å². The fourth-order valence-corrected chi connectivity index (χ4v) is 4.19. The summed E-state index contributed by atoms with van der Waals surface area (Å²) in [4.78, 5) is 11.1. The highest BCUT2D eigenvalue weighted by Gasteiger charge is 2.08. The van der Waals surface area contributed by atoms with E-state index in [1.165, 1.54) is 93.7 Å². The van der Waals surface area contributed by atoms with Crippen LogP contribution in [0, 0.1) is 0 Å². The molecular formula is C28H40O2. The summed E-state index contributed by atoms with van der Waals surface area (Å²) in [5, 5.41) is 9.13. The molecule has 2 nitrogen and oxygen atoms in total. The molecule has 0 amide bonds. The monoisotopic (exact) mass is 408 g/mol. The van der Waals surface area contributed by atoms with E-state index < -0.39 is 5.97 Å². The molecule has 164 valence electrons. The van der Waals surface area contributed by atoms with E-state index in [9.17, 15) is 4.79 Å². The molecule has 2 aromatic carbocycles. The lowest BCUT2D eigenvalue weighted by Gasteiger charge is -2.12. The minimum atomic E-state index is -0.765. The summed E-state index contributed by atoms with van der Waals surface area (Å²) in [6, 6.07) is 16.6. The molecule has 0 saturated heterocycles. The zero-order valence-electron chi connectivity index (χ0n) is 18.9. The molecule has 0 radical (unpaired) electrons. The Hall–Kier alpha value is -2.09. The molecule has 0 unspecified atom stereocenters. The van der Waals surface area contributed by atoms with Crippen LogP contribution >= 0.6 is 0 Å². The third-order valence-electron chi connectivity index (χ3n) is 5.91. The maximum atomic E-state index is 11.1. The molecule has 0 aromatic heterocycles. The predicted octanol–water partition coefficient (Wildman–Crippen LogP) is 8.22. The Morgan fingerprint density at radius 1 is 0.733 bits per heavy atom. The highest BCUT2D eigenvalue weighted by atomic mass is 16.4. The van der Waals surface area contributed by atoms with Crippen LogP contribution in [0.25, 0.3) is 11.1 Å². The van der Waals surface area contributed by atoms with Gasteiger partial charge in [-0.05, 0) is 35.1 Å². The summed E-state index contributed by atoms with van der Waals surface area (Å²) in [6.07, 6.45) is 17.3. The molecule has 0 spiro atoms. The summed E-state index contributed by atoms with van der Waals surface area (Å²) >= 11 is 0. The molecule has 2 heteroatoms. The third-order valence-corrected chi connectivity index (χ3v) is 5.91. The van der Waals surface area contributed by atoms with Crippen LogP contribution in [0.15, 0.2) is 48.5 Å². The Labute approximate surface area is 183 Å². The lowest BCUT2D eigenvalue weighted by Crippen LogP contribution is -2.01. The predicted molar refractivity (Wildman–Crippen MR) is 128 cm³/mol. The first-order valence-electron chi connectivity index (χ1n) is 12.1. The smallest absolute Gasteiger partial charge is 0.307 e. The van der Waals surface area contributed by atoms with Crippen LogP contribution in [0.3, 0.4) is 0 Å². The largest absolute Gasteiger partial charge is 0.481 e. The molecule has 0 heterocycles. The highest BCUT2D eigenvalue weighted by Crippen LogP contribution is 2.27. The Balaban J connectivity index is 1.73. The van der Waals surface area contributed by atoms with Gasteiger partial charge >= 0.3 is 5.97 Å². The fraction of sp³-hybridized carbons (Fsp3) is 0.536. The summed E-state index contributed by atoms with van der Waals surface area (Å²) < 4.78 is 0. The van der Waals surface area contributed by atoms with Crippen molar-refractivity contribution >= 4 is 5.97 Å². The highest BCUT2D eigenvalue weighted by molar-refractivity contribution is 5.72. The van der Waals surface area contributed by atoms with Crippen LogP contribution in [-0.2, 0) is 17.6 Å². The minimum absolute atomic E-state index is 0.0977. The van der Waals surface area contributed by atoms with Crippen LogP contribution in [0.5, 0.6) is 0 Å². The number of carboxylic acid groups (broad SMARTS) is 1. The lowest BCUT2D eigenvalue weighted by atomic mass is 9.93. The van der Waals surface area contributed by atoms with Crippen LogP contribution in [0.1, 0.15) is 95.1 Å². The average molecular weight is 409 g/mol. The molecule has 30 heavy (non-hydrogen) atoms. The van der Waals surface area contributed by atoms with Crippen LogP contribution in [0.4, 0.5) is 0 Å². The number of unbranched alkanes of at least 4 members (excludes halogenated alkanes) is 11. The van der Waals surface area contributed by atoms with Crippen molar-refractivity contribution < 1.29 is 9.90 Å². The summed E-state index contributed by atoms with van der Waals surface area (Å²) in [5.41, 5.74) is 4.64.